The summed E-state index contributed by atoms with van der Waals surface area (Å²) in [6, 6.07) is 11.9. The maximum atomic E-state index is 13.6. The van der Waals surface area contributed by atoms with Gasteiger partial charge in [0.1, 0.15) is 5.60 Å². The van der Waals surface area contributed by atoms with Crippen LogP contribution in [0.5, 0.6) is 0 Å². The van der Waals surface area contributed by atoms with Gasteiger partial charge in [0.15, 0.2) is 5.58 Å². The molecule has 0 saturated carbocycles. The van der Waals surface area contributed by atoms with Gasteiger partial charge >= 0.3 is 6.09 Å². The minimum absolute atomic E-state index is 0.0216. The number of benzene rings is 2. The third kappa shape index (κ3) is 7.84. The summed E-state index contributed by atoms with van der Waals surface area (Å²) in [5.74, 6) is -0.421. The molecule has 3 aromatic rings. The lowest BCUT2D eigenvalue weighted by Crippen LogP contribution is -2.49. The fourth-order valence-corrected chi connectivity index (χ4v) is 5.15. The first-order valence-corrected chi connectivity index (χ1v) is 14.7. The van der Waals surface area contributed by atoms with Crippen LogP contribution in [-0.2, 0) is 27.4 Å². The number of nitrogens with one attached hydrogen (secondary N) is 1. The lowest BCUT2D eigenvalue weighted by Gasteiger charge is -2.32. The Kier molecular flexibility index (Phi) is 9.64. The van der Waals surface area contributed by atoms with E-state index in [-0.39, 0.29) is 44.0 Å². The van der Waals surface area contributed by atoms with Gasteiger partial charge in [0, 0.05) is 56.4 Å². The fourth-order valence-electron chi connectivity index (χ4n) is 5.15. The van der Waals surface area contributed by atoms with Crippen molar-refractivity contribution < 1.29 is 23.6 Å². The van der Waals surface area contributed by atoms with Crippen molar-refractivity contribution in [2.45, 2.75) is 73.2 Å². The Morgan fingerprint density at radius 3 is 2.33 bits per heavy atom. The summed E-state index contributed by atoms with van der Waals surface area (Å²) in [5.41, 5.74) is 4.74. The average Bonchev–Trinajstić information content (AvgIpc) is 3.51. The molecule has 3 amide bonds. The van der Waals surface area contributed by atoms with Gasteiger partial charge in [0.05, 0.1) is 18.8 Å². The van der Waals surface area contributed by atoms with Gasteiger partial charge in [-0.1, -0.05) is 29.4 Å². The largest absolute Gasteiger partial charge is 0.444 e. The molecule has 4 rings (SSSR count). The van der Waals surface area contributed by atoms with Crippen LogP contribution in [0, 0.1) is 13.8 Å². The number of hydrogen-bond donors (Lipinski definition) is 1. The number of carbonyl (C=O) groups is 3. The highest BCUT2D eigenvalue weighted by atomic mass is 16.6. The van der Waals surface area contributed by atoms with E-state index in [2.05, 4.69) is 22.6 Å². The van der Waals surface area contributed by atoms with E-state index in [4.69, 9.17) is 9.26 Å². The lowest BCUT2D eigenvalue weighted by molar-refractivity contribution is -0.145. The van der Waals surface area contributed by atoms with E-state index < -0.39 is 11.7 Å². The molecule has 0 aliphatic carbocycles. The zero-order valence-electron chi connectivity index (χ0n) is 26.6. The number of aryl methyl sites for hydroxylation is 2. The van der Waals surface area contributed by atoms with Gasteiger partial charge in [-0.05, 0) is 71.2 Å². The molecule has 1 aromatic heterocycles. The molecule has 0 saturated heterocycles. The SMILES string of the molecule is Cc1cc2c(C)noc2cc1N(CC(=O)NCCN(C(=O)OC(C)(C)C)C(C)C)CC(=O)N(C)N1Cc2ccccc2C1. The summed E-state index contributed by atoms with van der Waals surface area (Å²) in [4.78, 5) is 42.9. The summed E-state index contributed by atoms with van der Waals surface area (Å²) in [5, 5.41) is 11.5. The first-order chi connectivity index (χ1) is 20.2. The van der Waals surface area contributed by atoms with Crippen molar-refractivity contribution in [3.05, 3.63) is 58.8 Å². The van der Waals surface area contributed by atoms with Crippen LogP contribution in [0.25, 0.3) is 11.0 Å². The van der Waals surface area contributed by atoms with Crippen molar-refractivity contribution in [1.82, 2.24) is 25.4 Å². The first kappa shape index (κ1) is 31.8. The number of ether oxygens (including phenoxy) is 1. The maximum Gasteiger partial charge on any atom is 0.410 e. The zero-order chi connectivity index (χ0) is 31.5. The smallest absolute Gasteiger partial charge is 0.410 e. The maximum absolute atomic E-state index is 13.6. The van der Waals surface area contributed by atoms with E-state index in [0.717, 1.165) is 16.6 Å². The molecule has 2 heterocycles. The third-order valence-electron chi connectivity index (χ3n) is 7.51. The van der Waals surface area contributed by atoms with Crippen LogP contribution in [-0.4, -0.2) is 82.9 Å². The van der Waals surface area contributed by atoms with Crippen LogP contribution in [0.3, 0.4) is 0 Å². The summed E-state index contributed by atoms with van der Waals surface area (Å²) in [6.07, 6.45) is -0.428. The van der Waals surface area contributed by atoms with Gasteiger partial charge < -0.3 is 24.4 Å². The average molecular weight is 593 g/mol. The second-order valence-electron chi connectivity index (χ2n) is 12.4. The second-order valence-corrected chi connectivity index (χ2v) is 12.4. The first-order valence-electron chi connectivity index (χ1n) is 14.7. The number of likely N-dealkylation sites (N-methyl/N-ethyl adjacent to an activating group) is 1. The van der Waals surface area contributed by atoms with E-state index in [1.54, 1.807) is 21.9 Å². The van der Waals surface area contributed by atoms with Gasteiger partial charge in [-0.2, -0.15) is 0 Å². The number of hydrazine groups is 1. The number of hydrogen-bond acceptors (Lipinski definition) is 8. The van der Waals surface area contributed by atoms with E-state index in [9.17, 15) is 14.4 Å². The molecule has 0 spiro atoms. The molecule has 11 nitrogen and oxygen atoms in total. The van der Waals surface area contributed by atoms with Crippen LogP contribution >= 0.6 is 0 Å². The molecule has 0 unspecified atom stereocenters. The van der Waals surface area contributed by atoms with Crippen molar-refractivity contribution in [2.24, 2.45) is 0 Å². The summed E-state index contributed by atoms with van der Waals surface area (Å²) < 4.78 is 11.0. The number of nitrogens with zero attached hydrogens (tertiary/aromatic N) is 5. The molecule has 0 atom stereocenters. The second kappa shape index (κ2) is 13.0. The van der Waals surface area contributed by atoms with Gasteiger partial charge in [0.25, 0.3) is 5.91 Å². The van der Waals surface area contributed by atoms with Gasteiger partial charge in [-0.3, -0.25) is 14.6 Å². The number of amides is 3. The Labute approximate surface area is 253 Å². The van der Waals surface area contributed by atoms with Crippen LogP contribution < -0.4 is 10.2 Å². The van der Waals surface area contributed by atoms with Crippen molar-refractivity contribution in [1.29, 1.82) is 0 Å². The van der Waals surface area contributed by atoms with E-state index in [0.29, 0.717) is 24.4 Å². The molecule has 11 heteroatoms. The van der Waals surface area contributed by atoms with Crippen LogP contribution in [0.1, 0.15) is 57.0 Å². The van der Waals surface area contributed by atoms with Gasteiger partial charge in [-0.25, -0.2) is 9.80 Å². The number of anilines is 1. The zero-order valence-corrected chi connectivity index (χ0v) is 26.6. The molecular weight excluding hydrogens is 548 g/mol. The Bertz CT molecular complexity index is 1450. The molecule has 232 valence electrons. The monoisotopic (exact) mass is 592 g/mol. The topological polar surface area (TPSA) is 111 Å². The Balaban J connectivity index is 1.47. The molecule has 0 fully saturated rings. The van der Waals surface area contributed by atoms with Crippen molar-refractivity contribution in [3.63, 3.8) is 0 Å². The highest BCUT2D eigenvalue weighted by Crippen LogP contribution is 2.29. The molecule has 2 aromatic carbocycles. The summed E-state index contributed by atoms with van der Waals surface area (Å²) in [6.45, 7) is 14.8. The number of aromatic nitrogens is 1. The minimum Gasteiger partial charge on any atom is -0.444 e. The van der Waals surface area contributed by atoms with E-state index in [1.165, 1.54) is 11.1 Å². The van der Waals surface area contributed by atoms with E-state index in [1.807, 2.05) is 77.7 Å². The Morgan fingerprint density at radius 1 is 1.07 bits per heavy atom. The van der Waals surface area contributed by atoms with Crippen molar-refractivity contribution in [3.8, 4) is 0 Å². The molecule has 0 radical (unpaired) electrons. The standard InChI is InChI=1S/C32H44N6O5/c1-21(2)38(31(41)42-32(5,6)7)14-13-33-29(39)19-36(27-16-28-26(15-22(27)3)23(4)34-43-28)20-30(40)35(8)37-17-24-11-9-10-12-25(24)18-37/h9-12,15-16,21H,13-14,17-20H2,1-8H3,(H,33,39). The minimum atomic E-state index is -0.619. The summed E-state index contributed by atoms with van der Waals surface area (Å²) >= 11 is 0. The molecule has 43 heavy (non-hydrogen) atoms. The third-order valence-corrected chi connectivity index (χ3v) is 7.51. The molecule has 1 aliphatic heterocycles. The van der Waals surface area contributed by atoms with Crippen LogP contribution in [0.15, 0.2) is 40.9 Å². The van der Waals surface area contributed by atoms with Crippen LogP contribution in [0.4, 0.5) is 10.5 Å². The quantitative estimate of drug-likeness (QED) is 0.369. The molecule has 0 bridgehead atoms. The van der Waals surface area contributed by atoms with Gasteiger partial charge in [-0.15, -0.1) is 0 Å². The lowest BCUT2D eigenvalue weighted by atomic mass is 10.1. The normalized spacial score (nSPS) is 13.2. The summed E-state index contributed by atoms with van der Waals surface area (Å²) in [7, 11) is 1.76. The fraction of sp³-hybridized carbons (Fsp3) is 0.500. The molecular formula is C32H44N6O5. The predicted molar refractivity (Wildman–Crippen MR) is 165 cm³/mol. The Morgan fingerprint density at radius 2 is 1.72 bits per heavy atom. The predicted octanol–water partition coefficient (Wildman–Crippen LogP) is 4.40. The van der Waals surface area contributed by atoms with Crippen LogP contribution in [0.2, 0.25) is 0 Å². The van der Waals surface area contributed by atoms with E-state index >= 15 is 0 Å². The molecule has 1 N–H and O–H groups in total. The Hall–Kier alpha value is -4.12. The number of rotatable bonds is 10. The highest BCUT2D eigenvalue weighted by Gasteiger charge is 2.28. The number of fused-ring (bicyclic) bond motifs is 2. The van der Waals surface area contributed by atoms with Gasteiger partial charge in [0.2, 0.25) is 5.91 Å². The highest BCUT2D eigenvalue weighted by molar-refractivity contribution is 5.90. The number of carbonyl (C=O) groups excluding carboxylic acids is 3. The molecule has 1 aliphatic rings. The van der Waals surface area contributed by atoms with Crippen molar-refractivity contribution in [2.75, 3.05) is 38.1 Å². The van der Waals surface area contributed by atoms with Crippen molar-refractivity contribution >= 4 is 34.6 Å².